The van der Waals surface area contributed by atoms with Gasteiger partial charge in [-0.15, -0.1) is 0 Å². The highest BCUT2D eigenvalue weighted by Gasteiger charge is 2.11. The first-order valence-corrected chi connectivity index (χ1v) is 11.2. The maximum atomic E-state index is 9.14. The molecule has 0 aliphatic heterocycles. The lowest BCUT2D eigenvalue weighted by Gasteiger charge is -2.13. The molecule has 0 N–H and O–H groups in total. The van der Waals surface area contributed by atoms with Crippen LogP contribution in [0.25, 0.3) is 54.6 Å². The summed E-state index contributed by atoms with van der Waals surface area (Å²) in [6.07, 6.45) is 0. The zero-order valence-corrected chi connectivity index (χ0v) is 18.5. The third-order valence-electron chi connectivity index (χ3n) is 6.35. The average molecular weight is 440 g/mol. The van der Waals surface area contributed by atoms with Gasteiger partial charge in [0, 0.05) is 10.6 Å². The monoisotopic (exact) mass is 439 g/mol. The SMILES string of the molecule is N#Cc1ccc(-c2cccc(-c3ccc4c5ccccc5c5ccccc5c4c3)c2)c(Cl)c1. The summed E-state index contributed by atoms with van der Waals surface area (Å²) in [6, 6.07) is 40.0. The second kappa shape index (κ2) is 7.78. The number of benzene rings is 6. The molecule has 1 nitrogen and oxygen atoms in total. The largest absolute Gasteiger partial charge is 0.192 e. The normalized spacial score (nSPS) is 11.2. The van der Waals surface area contributed by atoms with Crippen LogP contribution in [0.2, 0.25) is 5.02 Å². The van der Waals surface area contributed by atoms with E-state index in [1.54, 1.807) is 12.1 Å². The average Bonchev–Trinajstić information content (AvgIpc) is 2.88. The van der Waals surface area contributed by atoms with Crippen molar-refractivity contribution >= 4 is 43.9 Å². The third-order valence-corrected chi connectivity index (χ3v) is 6.66. The minimum Gasteiger partial charge on any atom is -0.192 e. The Hall–Kier alpha value is -4.12. The van der Waals surface area contributed by atoms with E-state index >= 15 is 0 Å². The molecule has 0 atom stereocenters. The minimum atomic E-state index is 0.563. The van der Waals surface area contributed by atoms with Crippen molar-refractivity contribution in [1.29, 1.82) is 5.26 Å². The molecule has 0 amide bonds. The number of fused-ring (bicyclic) bond motifs is 6. The van der Waals surface area contributed by atoms with Gasteiger partial charge in [-0.2, -0.15) is 5.26 Å². The van der Waals surface area contributed by atoms with Gasteiger partial charge < -0.3 is 0 Å². The van der Waals surface area contributed by atoms with E-state index in [2.05, 4.69) is 97.1 Å². The van der Waals surface area contributed by atoms with Crippen molar-refractivity contribution in [3.63, 3.8) is 0 Å². The molecule has 0 aliphatic carbocycles. The molecule has 6 aromatic carbocycles. The lowest BCUT2D eigenvalue weighted by molar-refractivity contribution is 1.48. The van der Waals surface area contributed by atoms with E-state index in [-0.39, 0.29) is 0 Å². The molecule has 0 saturated carbocycles. The Bertz CT molecular complexity index is 1710. The lowest BCUT2D eigenvalue weighted by Crippen LogP contribution is -1.86. The van der Waals surface area contributed by atoms with Crippen LogP contribution in [-0.2, 0) is 0 Å². The molecule has 0 bridgehead atoms. The molecule has 6 rings (SSSR count). The summed E-state index contributed by atoms with van der Waals surface area (Å²) in [5, 5.41) is 17.3. The highest BCUT2D eigenvalue weighted by atomic mass is 35.5. The van der Waals surface area contributed by atoms with Crippen molar-refractivity contribution in [2.45, 2.75) is 0 Å². The van der Waals surface area contributed by atoms with Crippen molar-refractivity contribution in [2.75, 3.05) is 0 Å². The molecule has 6 aromatic rings. The van der Waals surface area contributed by atoms with Gasteiger partial charge in [0.15, 0.2) is 0 Å². The molecule has 154 valence electrons. The maximum absolute atomic E-state index is 9.14. The van der Waals surface area contributed by atoms with Crippen molar-refractivity contribution in [2.24, 2.45) is 0 Å². The second-order valence-corrected chi connectivity index (χ2v) is 8.65. The van der Waals surface area contributed by atoms with Crippen molar-refractivity contribution in [3.8, 4) is 28.3 Å². The predicted octanol–water partition coefficient (Wildman–Crippen LogP) is 9.01. The number of rotatable bonds is 2. The van der Waals surface area contributed by atoms with Crippen molar-refractivity contribution < 1.29 is 0 Å². The molecule has 0 saturated heterocycles. The Morgan fingerprint density at radius 2 is 1.06 bits per heavy atom. The Balaban J connectivity index is 1.56. The molecular formula is C31H18ClN. The second-order valence-electron chi connectivity index (χ2n) is 8.24. The molecule has 0 heterocycles. The molecule has 0 unspecified atom stereocenters. The summed E-state index contributed by atoms with van der Waals surface area (Å²) in [5.41, 5.74) is 4.82. The van der Waals surface area contributed by atoms with E-state index < -0.39 is 0 Å². The molecule has 33 heavy (non-hydrogen) atoms. The fourth-order valence-corrected chi connectivity index (χ4v) is 5.06. The van der Waals surface area contributed by atoms with Crippen LogP contribution < -0.4 is 0 Å². The molecular weight excluding hydrogens is 422 g/mol. The zero-order chi connectivity index (χ0) is 22.4. The van der Waals surface area contributed by atoms with Gasteiger partial charge >= 0.3 is 0 Å². The standard InChI is InChI=1S/C31H18ClN/c32-31-16-20(19-33)12-14-24(31)23-7-5-6-21(17-23)22-13-15-29-27-10-2-1-8-25(27)26-9-3-4-11-28(26)30(29)18-22/h1-18H. The van der Waals surface area contributed by atoms with E-state index in [1.165, 1.54) is 32.3 Å². The minimum absolute atomic E-state index is 0.563. The van der Waals surface area contributed by atoms with E-state index in [9.17, 15) is 0 Å². The highest BCUT2D eigenvalue weighted by Crippen LogP contribution is 2.38. The Kier molecular flexibility index (Phi) is 4.61. The molecule has 2 heteroatoms. The van der Waals surface area contributed by atoms with Crippen LogP contribution >= 0.6 is 11.6 Å². The smallest absolute Gasteiger partial charge is 0.0992 e. The van der Waals surface area contributed by atoms with Gasteiger partial charge in [-0.1, -0.05) is 96.5 Å². The first kappa shape index (κ1) is 19.6. The van der Waals surface area contributed by atoms with Gasteiger partial charge in [0.2, 0.25) is 0 Å². The maximum Gasteiger partial charge on any atom is 0.0992 e. The first-order valence-electron chi connectivity index (χ1n) is 10.9. The van der Waals surface area contributed by atoms with Crippen molar-refractivity contribution in [1.82, 2.24) is 0 Å². The van der Waals surface area contributed by atoms with Crippen LogP contribution in [0, 0.1) is 11.3 Å². The number of nitriles is 1. The molecule has 0 aromatic heterocycles. The fourth-order valence-electron chi connectivity index (χ4n) is 4.77. The summed E-state index contributed by atoms with van der Waals surface area (Å²) in [4.78, 5) is 0. The summed E-state index contributed by atoms with van der Waals surface area (Å²) in [7, 11) is 0. The lowest BCUT2D eigenvalue weighted by atomic mass is 9.91. The van der Waals surface area contributed by atoms with Gasteiger partial charge in [0.1, 0.15) is 0 Å². The van der Waals surface area contributed by atoms with Gasteiger partial charge in [-0.25, -0.2) is 0 Å². The van der Waals surface area contributed by atoms with E-state index in [1.807, 2.05) is 6.07 Å². The predicted molar refractivity (Wildman–Crippen MR) is 140 cm³/mol. The summed E-state index contributed by atoms with van der Waals surface area (Å²) >= 11 is 6.49. The highest BCUT2D eigenvalue weighted by molar-refractivity contribution is 6.33. The van der Waals surface area contributed by atoms with Crippen LogP contribution in [0.15, 0.2) is 109 Å². The van der Waals surface area contributed by atoms with Crippen molar-refractivity contribution in [3.05, 3.63) is 120 Å². The Morgan fingerprint density at radius 3 is 1.70 bits per heavy atom. The zero-order valence-electron chi connectivity index (χ0n) is 17.7. The van der Waals surface area contributed by atoms with Crippen LogP contribution in [0.1, 0.15) is 5.56 Å². The van der Waals surface area contributed by atoms with E-state index in [0.717, 1.165) is 22.3 Å². The topological polar surface area (TPSA) is 23.8 Å². The molecule has 0 radical (unpaired) electrons. The molecule has 0 spiro atoms. The van der Waals surface area contributed by atoms with Crippen LogP contribution in [-0.4, -0.2) is 0 Å². The summed E-state index contributed by atoms with van der Waals surface area (Å²) in [5.74, 6) is 0. The van der Waals surface area contributed by atoms with Gasteiger partial charge in [0.05, 0.1) is 11.6 Å². The summed E-state index contributed by atoms with van der Waals surface area (Å²) < 4.78 is 0. The van der Waals surface area contributed by atoms with Gasteiger partial charge in [0.25, 0.3) is 0 Å². The van der Waals surface area contributed by atoms with Crippen LogP contribution in [0.4, 0.5) is 0 Å². The van der Waals surface area contributed by atoms with E-state index in [0.29, 0.717) is 10.6 Å². The van der Waals surface area contributed by atoms with Crippen LogP contribution in [0.3, 0.4) is 0 Å². The first-order chi connectivity index (χ1) is 16.2. The third kappa shape index (κ3) is 3.24. The number of hydrogen-bond donors (Lipinski definition) is 0. The fraction of sp³-hybridized carbons (Fsp3) is 0. The van der Waals surface area contributed by atoms with E-state index in [4.69, 9.17) is 16.9 Å². The summed E-state index contributed by atoms with van der Waals surface area (Å²) in [6.45, 7) is 0. The Morgan fingerprint density at radius 1 is 0.485 bits per heavy atom. The quantitative estimate of drug-likeness (QED) is 0.247. The number of nitrogens with zero attached hydrogens (tertiary/aromatic N) is 1. The van der Waals surface area contributed by atoms with Crippen LogP contribution in [0.5, 0.6) is 0 Å². The van der Waals surface area contributed by atoms with Gasteiger partial charge in [-0.05, 0) is 73.3 Å². The molecule has 0 fully saturated rings. The Labute approximate surface area is 197 Å². The number of halogens is 1. The molecule has 0 aliphatic rings. The number of hydrogen-bond acceptors (Lipinski definition) is 1. The van der Waals surface area contributed by atoms with Gasteiger partial charge in [-0.3, -0.25) is 0 Å².